The van der Waals surface area contributed by atoms with E-state index in [-0.39, 0.29) is 29.1 Å². The molecule has 2 aliphatic rings. The van der Waals surface area contributed by atoms with Gasteiger partial charge in [-0.25, -0.2) is 0 Å². The number of amides is 2. The van der Waals surface area contributed by atoms with Crippen molar-refractivity contribution in [2.24, 2.45) is 5.73 Å². The molecule has 3 N–H and O–H groups in total. The molecule has 0 atom stereocenters. The molecule has 0 aliphatic carbocycles. The van der Waals surface area contributed by atoms with Crippen LogP contribution in [-0.4, -0.2) is 54.8 Å². The van der Waals surface area contributed by atoms with E-state index in [4.69, 9.17) is 22.8 Å². The molecule has 45 heavy (non-hydrogen) atoms. The van der Waals surface area contributed by atoms with Crippen molar-refractivity contribution in [3.63, 3.8) is 0 Å². The normalized spacial score (nSPS) is 14.2. The van der Waals surface area contributed by atoms with Crippen LogP contribution in [0.4, 0.5) is 5.69 Å². The third-order valence-corrected chi connectivity index (χ3v) is 8.06. The molecule has 4 aromatic rings. The Morgan fingerprint density at radius 1 is 0.867 bits per heavy atom. The second-order valence-electron chi connectivity index (χ2n) is 10.8. The number of likely N-dealkylation sites (tertiary alicyclic amines) is 1. The van der Waals surface area contributed by atoms with Crippen molar-refractivity contribution >= 4 is 33.9 Å². The second kappa shape index (κ2) is 13.4. The summed E-state index contributed by atoms with van der Waals surface area (Å²) in [5.41, 5.74) is 9.94. The molecular formula is C34H29N3O7S. The molecule has 6 rings (SSSR count). The summed E-state index contributed by atoms with van der Waals surface area (Å²) in [5, 5.41) is 3.52. The Balaban J connectivity index is 0.000000945. The zero-order valence-corrected chi connectivity index (χ0v) is 24.9. The van der Waals surface area contributed by atoms with Gasteiger partial charge < -0.3 is 20.4 Å². The van der Waals surface area contributed by atoms with Gasteiger partial charge in [-0.15, -0.1) is 12.6 Å². The van der Waals surface area contributed by atoms with E-state index in [1.165, 1.54) is 5.56 Å². The topological polar surface area (TPSA) is 157 Å². The highest BCUT2D eigenvalue weighted by Crippen LogP contribution is 2.44. The molecule has 1 fully saturated rings. The number of hydrogen-bond acceptors (Lipinski definition) is 8. The summed E-state index contributed by atoms with van der Waals surface area (Å²) in [6, 6.07) is 25.8. The summed E-state index contributed by atoms with van der Waals surface area (Å²) in [7, 11) is -3.11. The number of nitrogens with zero attached hydrogens (tertiary/aromatic N) is 1. The number of primary amides is 1. The van der Waals surface area contributed by atoms with E-state index in [9.17, 15) is 14.4 Å². The Bertz CT molecular complexity index is 1930. The standard InChI is InChI=1S/C34H29N3O4.O3S/c35-32(39)27-9-5-4-8-26(27)30(38)21-24-11-14-29-28(20-24)34(22-36-29)16-18-37(19-17-34)33(40)31-15-13-25(41-31)12-10-23-6-2-1-3-7-23;1-4(2)3/h1-9,11,13-15,20,36H,16-19,21-22H2,(H2,35,39);. The number of furan rings is 1. The number of benzene rings is 3. The van der Waals surface area contributed by atoms with Gasteiger partial charge in [0.05, 0.1) is 0 Å². The second-order valence-corrected chi connectivity index (χ2v) is 11.2. The van der Waals surface area contributed by atoms with Crippen LogP contribution < -0.4 is 11.1 Å². The van der Waals surface area contributed by atoms with Crippen LogP contribution in [0.3, 0.4) is 0 Å². The van der Waals surface area contributed by atoms with Gasteiger partial charge in [0.15, 0.2) is 17.3 Å². The van der Waals surface area contributed by atoms with E-state index < -0.39 is 16.5 Å². The predicted molar refractivity (Wildman–Crippen MR) is 166 cm³/mol. The largest absolute Gasteiger partial charge is 0.443 e. The Morgan fingerprint density at radius 3 is 2.22 bits per heavy atom. The highest BCUT2D eigenvalue weighted by atomic mass is 32.2. The summed E-state index contributed by atoms with van der Waals surface area (Å²) < 4.78 is 31.1. The third-order valence-electron chi connectivity index (χ3n) is 8.06. The minimum Gasteiger partial charge on any atom is -0.443 e. The molecule has 1 aromatic heterocycles. The summed E-state index contributed by atoms with van der Waals surface area (Å²) in [6.45, 7) is 1.98. The molecule has 0 radical (unpaired) electrons. The average molecular weight is 624 g/mol. The molecule has 2 amide bonds. The van der Waals surface area contributed by atoms with Crippen LogP contribution in [0.15, 0.2) is 89.3 Å². The lowest BCUT2D eigenvalue weighted by Gasteiger charge is -2.39. The molecule has 10 nitrogen and oxygen atoms in total. The maximum absolute atomic E-state index is 13.2. The number of carbonyl (C=O) groups is 3. The molecule has 0 unspecified atom stereocenters. The number of nitrogens with one attached hydrogen (secondary N) is 1. The molecule has 228 valence electrons. The van der Waals surface area contributed by atoms with Gasteiger partial charge in [-0.2, -0.15) is 0 Å². The van der Waals surface area contributed by atoms with E-state index in [1.54, 1.807) is 36.4 Å². The van der Waals surface area contributed by atoms with Gasteiger partial charge in [0, 0.05) is 53.8 Å². The Hall–Kier alpha value is -5.47. The Labute approximate surface area is 261 Å². The summed E-state index contributed by atoms with van der Waals surface area (Å²) in [5.74, 6) is 5.89. The van der Waals surface area contributed by atoms with E-state index in [2.05, 4.69) is 23.2 Å². The Morgan fingerprint density at radius 2 is 1.53 bits per heavy atom. The van der Waals surface area contributed by atoms with Crippen LogP contribution in [0.2, 0.25) is 0 Å². The summed E-state index contributed by atoms with van der Waals surface area (Å²) >= 11 is 0. The van der Waals surface area contributed by atoms with Crippen molar-refractivity contribution in [2.75, 3.05) is 25.0 Å². The zero-order chi connectivity index (χ0) is 32.0. The van der Waals surface area contributed by atoms with Gasteiger partial charge in [0.25, 0.3) is 5.91 Å². The first-order chi connectivity index (χ1) is 21.6. The fourth-order valence-corrected chi connectivity index (χ4v) is 5.79. The lowest BCUT2D eigenvalue weighted by molar-refractivity contribution is 0.0643. The SMILES string of the molecule is NC(=O)c1ccccc1C(=O)Cc1ccc2c(c1)C1(CCN(C(=O)c3ccc(C#Cc4ccccc4)o3)CC1)CN2.O=S(=O)=O. The molecule has 1 saturated heterocycles. The zero-order valence-electron chi connectivity index (χ0n) is 24.1. The first-order valence-electron chi connectivity index (χ1n) is 14.2. The van der Waals surface area contributed by atoms with Crippen LogP contribution in [0.25, 0.3) is 0 Å². The fourth-order valence-electron chi connectivity index (χ4n) is 5.79. The van der Waals surface area contributed by atoms with Crippen molar-refractivity contribution < 1.29 is 31.4 Å². The van der Waals surface area contributed by atoms with Gasteiger partial charge in [0.2, 0.25) is 5.91 Å². The van der Waals surface area contributed by atoms with Gasteiger partial charge in [-0.1, -0.05) is 54.5 Å². The van der Waals surface area contributed by atoms with Crippen LogP contribution in [0.5, 0.6) is 0 Å². The first kappa shape index (κ1) is 31.0. The van der Waals surface area contributed by atoms with Crippen molar-refractivity contribution in [1.29, 1.82) is 0 Å². The van der Waals surface area contributed by atoms with E-state index in [0.29, 0.717) is 30.2 Å². The quantitative estimate of drug-likeness (QED) is 0.251. The molecule has 1 spiro atoms. The number of hydrogen-bond donors (Lipinski definition) is 2. The monoisotopic (exact) mass is 623 g/mol. The molecule has 11 heteroatoms. The average Bonchev–Trinajstić information content (AvgIpc) is 3.65. The molecular weight excluding hydrogens is 594 g/mol. The smallest absolute Gasteiger partial charge is 0.425 e. The summed E-state index contributed by atoms with van der Waals surface area (Å²) in [4.78, 5) is 40.0. The third kappa shape index (κ3) is 7.20. The van der Waals surface area contributed by atoms with E-state index in [1.807, 2.05) is 47.4 Å². The molecule has 3 heterocycles. The van der Waals surface area contributed by atoms with Crippen LogP contribution in [0, 0.1) is 11.8 Å². The van der Waals surface area contributed by atoms with E-state index in [0.717, 1.165) is 36.2 Å². The van der Waals surface area contributed by atoms with Gasteiger partial charge >= 0.3 is 10.6 Å². The van der Waals surface area contributed by atoms with Gasteiger partial charge in [-0.3, -0.25) is 14.4 Å². The number of nitrogens with two attached hydrogens (primary N) is 1. The van der Waals surface area contributed by atoms with Crippen molar-refractivity contribution in [3.05, 3.63) is 124 Å². The minimum absolute atomic E-state index is 0.119. The molecule has 3 aromatic carbocycles. The number of piperidine rings is 1. The lowest BCUT2D eigenvalue weighted by atomic mass is 9.73. The maximum Gasteiger partial charge on any atom is 0.425 e. The number of ketones is 1. The molecule has 0 saturated carbocycles. The number of anilines is 1. The van der Waals surface area contributed by atoms with Crippen LogP contribution in [0.1, 0.15) is 66.6 Å². The van der Waals surface area contributed by atoms with Crippen molar-refractivity contribution in [2.45, 2.75) is 24.7 Å². The number of fused-ring (bicyclic) bond motifs is 2. The lowest BCUT2D eigenvalue weighted by Crippen LogP contribution is -2.46. The Kier molecular flexibility index (Phi) is 9.25. The maximum atomic E-state index is 13.2. The van der Waals surface area contributed by atoms with Crippen molar-refractivity contribution in [1.82, 2.24) is 4.90 Å². The van der Waals surface area contributed by atoms with E-state index >= 15 is 0 Å². The van der Waals surface area contributed by atoms with Crippen LogP contribution in [-0.2, 0) is 22.4 Å². The first-order valence-corrected chi connectivity index (χ1v) is 15.2. The highest BCUT2D eigenvalue weighted by Gasteiger charge is 2.42. The van der Waals surface area contributed by atoms with Gasteiger partial charge in [0.1, 0.15) is 0 Å². The fraction of sp³-hybridized carbons (Fsp3) is 0.206. The number of Topliss-reactive ketones (excluding diaryl/α,β-unsaturated/α-hetero) is 1. The highest BCUT2D eigenvalue weighted by molar-refractivity contribution is 7.59. The summed E-state index contributed by atoms with van der Waals surface area (Å²) in [6.07, 6.45) is 1.76. The minimum atomic E-state index is -3.11. The predicted octanol–water partition coefficient (Wildman–Crippen LogP) is 3.80. The van der Waals surface area contributed by atoms with Gasteiger partial charge in [-0.05, 0) is 66.3 Å². The molecule has 0 bridgehead atoms. The van der Waals surface area contributed by atoms with Crippen molar-refractivity contribution in [3.8, 4) is 11.8 Å². The number of carbonyl (C=O) groups excluding carboxylic acids is 3. The number of rotatable bonds is 5. The molecule has 2 aliphatic heterocycles. The van der Waals surface area contributed by atoms with Crippen LogP contribution >= 0.6 is 0 Å².